The van der Waals surface area contributed by atoms with Gasteiger partial charge in [-0.1, -0.05) is 54.6 Å². The molecule has 5 rings (SSSR count). The molecule has 228 valence electrons. The van der Waals surface area contributed by atoms with Gasteiger partial charge in [-0.2, -0.15) is 0 Å². The number of nitrogens with one attached hydrogen (secondary N) is 3. The van der Waals surface area contributed by atoms with Crippen LogP contribution in [0.3, 0.4) is 0 Å². The lowest BCUT2D eigenvalue weighted by atomic mass is 9.95. The number of hydrogen-bond acceptors (Lipinski definition) is 5. The average molecular weight is 646 g/mol. The van der Waals surface area contributed by atoms with Crippen LogP contribution >= 0.6 is 23.2 Å². The molecule has 3 aromatic rings. The zero-order chi connectivity index (χ0) is 30.4. The molecule has 3 N–H and O–H groups in total. The number of amides is 3. The Kier molecular flexibility index (Phi) is 10.00. The van der Waals surface area contributed by atoms with E-state index in [2.05, 4.69) is 15.4 Å². The van der Waals surface area contributed by atoms with Crippen LogP contribution in [-0.4, -0.2) is 50.4 Å². The van der Waals surface area contributed by atoms with Gasteiger partial charge in [-0.25, -0.2) is 13.2 Å². The fourth-order valence-electron chi connectivity index (χ4n) is 5.34. The fourth-order valence-corrected chi connectivity index (χ4v) is 6.77. The Morgan fingerprint density at radius 2 is 1.49 bits per heavy atom. The van der Waals surface area contributed by atoms with Crippen LogP contribution < -0.4 is 20.1 Å². The van der Waals surface area contributed by atoms with Gasteiger partial charge in [0, 0.05) is 30.2 Å². The van der Waals surface area contributed by atoms with Crippen molar-refractivity contribution >= 4 is 50.9 Å². The Morgan fingerprint density at radius 1 is 0.814 bits per heavy atom. The minimum absolute atomic E-state index is 0.0146. The van der Waals surface area contributed by atoms with Gasteiger partial charge < -0.3 is 20.3 Å². The fraction of sp³-hybridized carbons (Fsp3) is 0.355. The number of benzene rings is 3. The standard InChI is InChI=1S/C31H34Cl2N4O5S/c32-21-10-15-28(36-43(40,41)25-13-11-24(12-14-25)42-29-9-5-4-8-27(29)33)26(20-21)30(38)34-23-16-18-37(19-17-23)31(39)35-22-6-2-1-3-7-22/h4-5,8-15,20,22-23,36H,1-3,6-7,16-19H2,(H,34,38)(H,35,39). The first-order chi connectivity index (χ1) is 20.7. The van der Waals surface area contributed by atoms with Crippen LogP contribution in [-0.2, 0) is 10.0 Å². The van der Waals surface area contributed by atoms with Crippen LogP contribution in [0.5, 0.6) is 11.5 Å². The zero-order valence-electron chi connectivity index (χ0n) is 23.5. The number of rotatable bonds is 8. The van der Waals surface area contributed by atoms with Crippen molar-refractivity contribution in [2.75, 3.05) is 17.8 Å². The molecule has 0 bridgehead atoms. The first-order valence-electron chi connectivity index (χ1n) is 14.4. The first-order valence-corrected chi connectivity index (χ1v) is 16.6. The van der Waals surface area contributed by atoms with Crippen molar-refractivity contribution in [2.24, 2.45) is 0 Å². The van der Waals surface area contributed by atoms with E-state index in [1.165, 1.54) is 48.9 Å². The normalized spacial score (nSPS) is 16.4. The molecule has 1 saturated carbocycles. The van der Waals surface area contributed by atoms with Gasteiger partial charge in [0.2, 0.25) is 0 Å². The van der Waals surface area contributed by atoms with Gasteiger partial charge >= 0.3 is 6.03 Å². The maximum atomic E-state index is 13.3. The summed E-state index contributed by atoms with van der Waals surface area (Å²) in [5, 5.41) is 6.85. The number of urea groups is 1. The van der Waals surface area contributed by atoms with E-state index in [0.717, 1.165) is 25.7 Å². The summed E-state index contributed by atoms with van der Waals surface area (Å²) in [5.41, 5.74) is 0.204. The molecule has 0 atom stereocenters. The second kappa shape index (κ2) is 13.9. The van der Waals surface area contributed by atoms with Gasteiger partial charge in [-0.3, -0.25) is 9.52 Å². The molecule has 9 nitrogen and oxygen atoms in total. The van der Waals surface area contributed by atoms with Crippen LogP contribution in [0.25, 0.3) is 0 Å². The van der Waals surface area contributed by atoms with Crippen molar-refractivity contribution < 1.29 is 22.7 Å². The summed E-state index contributed by atoms with van der Waals surface area (Å²) in [5.74, 6) is 0.410. The highest BCUT2D eigenvalue weighted by molar-refractivity contribution is 7.92. The molecular weight excluding hydrogens is 611 g/mol. The Balaban J connectivity index is 1.20. The molecule has 2 aliphatic rings. The van der Waals surface area contributed by atoms with Crippen LogP contribution in [0, 0.1) is 0 Å². The highest BCUT2D eigenvalue weighted by atomic mass is 35.5. The maximum absolute atomic E-state index is 13.3. The highest BCUT2D eigenvalue weighted by Gasteiger charge is 2.27. The number of para-hydroxylation sites is 1. The van der Waals surface area contributed by atoms with E-state index in [1.54, 1.807) is 29.2 Å². The lowest BCUT2D eigenvalue weighted by Gasteiger charge is -2.34. The molecule has 1 heterocycles. The zero-order valence-corrected chi connectivity index (χ0v) is 25.9. The minimum atomic E-state index is -4.05. The average Bonchev–Trinajstić information content (AvgIpc) is 3.00. The molecule has 43 heavy (non-hydrogen) atoms. The van der Waals surface area contributed by atoms with E-state index in [1.807, 2.05) is 0 Å². The van der Waals surface area contributed by atoms with E-state index in [9.17, 15) is 18.0 Å². The molecule has 2 fully saturated rings. The summed E-state index contributed by atoms with van der Waals surface area (Å²) >= 11 is 12.3. The van der Waals surface area contributed by atoms with E-state index in [0.29, 0.717) is 47.5 Å². The molecule has 0 radical (unpaired) electrons. The summed E-state index contributed by atoms with van der Waals surface area (Å²) in [6, 6.07) is 17.3. The predicted molar refractivity (Wildman–Crippen MR) is 168 cm³/mol. The number of sulfonamides is 1. The number of carbonyl (C=O) groups is 2. The quantitative estimate of drug-likeness (QED) is 0.249. The van der Waals surface area contributed by atoms with Crippen molar-refractivity contribution in [3.05, 3.63) is 82.3 Å². The number of likely N-dealkylation sites (tertiary alicyclic amines) is 1. The SMILES string of the molecule is O=C(NC1CCN(C(=O)NC2CCCCC2)CC1)c1cc(Cl)ccc1NS(=O)(=O)c1ccc(Oc2ccccc2Cl)cc1. The van der Waals surface area contributed by atoms with Gasteiger partial charge in [-0.15, -0.1) is 0 Å². The summed E-state index contributed by atoms with van der Waals surface area (Å²) in [7, 11) is -4.05. The minimum Gasteiger partial charge on any atom is -0.456 e. The summed E-state index contributed by atoms with van der Waals surface area (Å²) in [6.45, 7) is 1.05. The van der Waals surface area contributed by atoms with Crippen molar-refractivity contribution in [3.8, 4) is 11.5 Å². The number of halogens is 2. The molecule has 1 aliphatic carbocycles. The van der Waals surface area contributed by atoms with Gasteiger partial charge in [0.1, 0.15) is 11.5 Å². The van der Waals surface area contributed by atoms with Crippen LogP contribution in [0.15, 0.2) is 71.6 Å². The summed E-state index contributed by atoms with van der Waals surface area (Å²) in [6.07, 6.45) is 6.74. The maximum Gasteiger partial charge on any atom is 0.317 e. The highest BCUT2D eigenvalue weighted by Crippen LogP contribution is 2.30. The topological polar surface area (TPSA) is 117 Å². The molecule has 3 amide bonds. The Morgan fingerprint density at radius 3 is 2.19 bits per heavy atom. The lowest BCUT2D eigenvalue weighted by Crippen LogP contribution is -2.51. The smallest absolute Gasteiger partial charge is 0.317 e. The second-order valence-electron chi connectivity index (χ2n) is 10.8. The molecule has 1 saturated heterocycles. The number of nitrogens with zero attached hydrogens (tertiary/aromatic N) is 1. The number of carbonyl (C=O) groups excluding carboxylic acids is 2. The van der Waals surface area contributed by atoms with Crippen molar-refractivity contribution in [3.63, 3.8) is 0 Å². The number of piperidine rings is 1. The van der Waals surface area contributed by atoms with E-state index in [4.69, 9.17) is 27.9 Å². The van der Waals surface area contributed by atoms with Crippen molar-refractivity contribution in [1.82, 2.24) is 15.5 Å². The lowest BCUT2D eigenvalue weighted by molar-refractivity contribution is 0.0918. The van der Waals surface area contributed by atoms with E-state index in [-0.39, 0.29) is 34.3 Å². The number of ether oxygens (including phenoxy) is 1. The van der Waals surface area contributed by atoms with E-state index < -0.39 is 15.9 Å². The largest absolute Gasteiger partial charge is 0.456 e. The summed E-state index contributed by atoms with van der Waals surface area (Å²) in [4.78, 5) is 27.8. The third-order valence-corrected chi connectivity index (χ3v) is 9.65. The summed E-state index contributed by atoms with van der Waals surface area (Å²) < 4.78 is 34.7. The van der Waals surface area contributed by atoms with Gasteiger partial charge in [0.15, 0.2) is 0 Å². The number of hydrogen-bond donors (Lipinski definition) is 3. The van der Waals surface area contributed by atoms with Crippen molar-refractivity contribution in [1.29, 1.82) is 0 Å². The molecule has 0 unspecified atom stereocenters. The van der Waals surface area contributed by atoms with Crippen molar-refractivity contribution in [2.45, 2.75) is 61.9 Å². The second-order valence-corrected chi connectivity index (χ2v) is 13.3. The molecule has 1 aliphatic heterocycles. The number of anilines is 1. The predicted octanol–water partition coefficient (Wildman–Crippen LogP) is 6.82. The van der Waals surface area contributed by atoms with Crippen LogP contribution in [0.1, 0.15) is 55.3 Å². The molecule has 3 aromatic carbocycles. The third-order valence-electron chi connectivity index (χ3n) is 7.72. The van der Waals surface area contributed by atoms with Gasteiger partial charge in [-0.05, 0) is 80.3 Å². The van der Waals surface area contributed by atoms with Crippen LogP contribution in [0.2, 0.25) is 10.0 Å². The molecule has 0 spiro atoms. The monoisotopic (exact) mass is 644 g/mol. The molecule has 0 aromatic heterocycles. The van der Waals surface area contributed by atoms with Gasteiger partial charge in [0.25, 0.3) is 15.9 Å². The first kappa shape index (κ1) is 31.0. The Labute approximate surface area is 261 Å². The molecular formula is C31H34Cl2N4O5S. The Bertz CT molecular complexity index is 1550. The third kappa shape index (κ3) is 8.13. The molecule has 12 heteroatoms. The Hall–Kier alpha value is -3.47. The van der Waals surface area contributed by atoms with Crippen LogP contribution in [0.4, 0.5) is 10.5 Å². The van der Waals surface area contributed by atoms with E-state index >= 15 is 0 Å². The van der Waals surface area contributed by atoms with Gasteiger partial charge in [0.05, 0.1) is 21.2 Å².